The van der Waals surface area contributed by atoms with Gasteiger partial charge in [0, 0.05) is 18.5 Å². The van der Waals surface area contributed by atoms with E-state index in [1.54, 1.807) is 0 Å². The van der Waals surface area contributed by atoms with Crippen LogP contribution in [-0.4, -0.2) is 23.1 Å². The molecule has 0 saturated heterocycles. The van der Waals surface area contributed by atoms with Crippen molar-refractivity contribution in [1.29, 1.82) is 5.26 Å². The van der Waals surface area contributed by atoms with Crippen LogP contribution in [0.2, 0.25) is 0 Å². The number of nitrogens with zero attached hydrogens (tertiary/aromatic N) is 3. The summed E-state index contributed by atoms with van der Waals surface area (Å²) in [7, 11) is 0. The second kappa shape index (κ2) is 14.5. The van der Waals surface area contributed by atoms with E-state index in [9.17, 15) is 10.1 Å². The van der Waals surface area contributed by atoms with Crippen molar-refractivity contribution < 1.29 is 4.79 Å². The second-order valence-corrected chi connectivity index (χ2v) is 12.4. The molecule has 1 aliphatic heterocycles. The number of hydrogen-bond donors (Lipinski definition) is 0. The maximum absolute atomic E-state index is 13.9. The topological polar surface area (TPSA) is 56.5 Å². The monoisotopic (exact) mass is 573 g/mol. The van der Waals surface area contributed by atoms with Gasteiger partial charge in [-0.25, -0.2) is 4.99 Å². The maximum atomic E-state index is 13.9. The van der Waals surface area contributed by atoms with E-state index in [1.165, 1.54) is 17.6 Å². The minimum absolute atomic E-state index is 0.150. The van der Waals surface area contributed by atoms with Crippen LogP contribution in [0.3, 0.4) is 0 Å². The molecule has 0 bridgehead atoms. The number of unbranched alkanes of at least 4 members (excludes halogenated alkanes) is 1. The van der Waals surface area contributed by atoms with Crippen molar-refractivity contribution in [2.75, 3.05) is 6.54 Å². The molecule has 0 spiro atoms. The first-order chi connectivity index (χ1) is 20.8. The van der Waals surface area contributed by atoms with Gasteiger partial charge in [-0.15, -0.1) is 0 Å². The lowest BCUT2D eigenvalue weighted by Gasteiger charge is -2.31. The number of carbonyl (C=O) groups is 1. The Kier molecular flexibility index (Phi) is 10.8. The molecule has 4 nitrogen and oxygen atoms in total. The number of rotatable bonds is 7. The fourth-order valence-electron chi connectivity index (χ4n) is 6.27. The van der Waals surface area contributed by atoms with Gasteiger partial charge in [-0.2, -0.15) is 5.26 Å². The number of carbonyl (C=O) groups excluding carboxylic acids is 1. The lowest BCUT2D eigenvalue weighted by Crippen LogP contribution is -2.34. The molecule has 2 aromatic rings. The van der Waals surface area contributed by atoms with Gasteiger partial charge in [-0.1, -0.05) is 102 Å². The molecule has 0 N–H and O–H groups in total. The molecule has 0 atom stereocenters. The van der Waals surface area contributed by atoms with Gasteiger partial charge in [0.1, 0.15) is 5.84 Å². The molecule has 2 aliphatic carbocycles. The third-order valence-electron chi connectivity index (χ3n) is 8.56. The first kappa shape index (κ1) is 32.0. The molecule has 0 aromatic heterocycles. The van der Waals surface area contributed by atoms with Crippen LogP contribution < -0.4 is 0 Å². The van der Waals surface area contributed by atoms with Crippen LogP contribution in [0.15, 0.2) is 99.7 Å². The Balaban J connectivity index is 0.00000207. The van der Waals surface area contributed by atoms with E-state index in [2.05, 4.69) is 74.2 Å². The lowest BCUT2D eigenvalue weighted by molar-refractivity contribution is -0.115. The largest absolute Gasteiger partial charge is 0.348 e. The zero-order valence-corrected chi connectivity index (χ0v) is 27.0. The number of amidine groups is 1. The number of hydrogen-bond acceptors (Lipinski definition) is 4. The molecular weight excluding hydrogens is 526 g/mol. The Morgan fingerprint density at radius 1 is 1.05 bits per heavy atom. The highest BCUT2D eigenvalue weighted by molar-refractivity contribution is 6.05. The van der Waals surface area contributed by atoms with Gasteiger partial charge in [-0.05, 0) is 83.9 Å². The minimum Gasteiger partial charge on any atom is -0.348 e. The predicted octanol–water partition coefficient (Wildman–Crippen LogP) is 9.89. The molecule has 4 heteroatoms. The van der Waals surface area contributed by atoms with Crippen molar-refractivity contribution >= 4 is 11.6 Å². The van der Waals surface area contributed by atoms with Crippen molar-refractivity contribution in [3.63, 3.8) is 0 Å². The van der Waals surface area contributed by atoms with E-state index in [1.807, 2.05) is 45.0 Å². The zero-order chi connectivity index (χ0) is 31.0. The predicted molar refractivity (Wildman–Crippen MR) is 180 cm³/mol. The van der Waals surface area contributed by atoms with Crippen molar-refractivity contribution in [1.82, 2.24) is 4.90 Å². The molecule has 1 heterocycles. The van der Waals surface area contributed by atoms with E-state index in [-0.39, 0.29) is 5.78 Å². The first-order valence-electron chi connectivity index (χ1n) is 16.0. The molecule has 5 rings (SSSR count). The Morgan fingerprint density at radius 2 is 1.79 bits per heavy atom. The molecule has 0 amide bonds. The van der Waals surface area contributed by atoms with Gasteiger partial charge >= 0.3 is 0 Å². The SMILES string of the molecule is CC.CCCCC1=NC(C)=C(C2=CC3=C(C=CC2)CC(C)(C)CC3)C(=O)CN1Cc1ccc(-c2ccccc2C#N)cc1. The average molecular weight is 574 g/mol. The Morgan fingerprint density at radius 3 is 2.51 bits per heavy atom. The number of Topliss-reactive ketones (excluding diaryl/α,β-unsaturated/α-hetero) is 1. The standard InChI is InChI=1S/C37H41N3O.C2H6/c1-5-6-14-35-39-26(2)36(30-11-9-12-31-22-37(3,4)20-19-29(31)21-30)34(41)25-40(35)24-27-15-17-28(18-16-27)33-13-8-7-10-32(33)23-38;1-2/h7-10,12-13,15-18,21H,5-6,11,14,19-20,22,24-25H2,1-4H3;1-2H3. The van der Waals surface area contributed by atoms with Crippen molar-refractivity contribution in [2.24, 2.45) is 10.4 Å². The molecule has 0 radical (unpaired) electrons. The molecule has 0 unspecified atom stereocenters. The number of ketones is 1. The summed E-state index contributed by atoms with van der Waals surface area (Å²) in [5, 5.41) is 9.52. The number of aliphatic imine (C=N–C) groups is 1. The molecular formula is C39H47N3O. The van der Waals surface area contributed by atoms with E-state index in [4.69, 9.17) is 4.99 Å². The Labute approximate surface area is 259 Å². The Hall–Kier alpha value is -3.97. The van der Waals surface area contributed by atoms with Crippen molar-refractivity contribution in [3.05, 3.63) is 106 Å². The van der Waals surface area contributed by atoms with Gasteiger partial charge in [0.2, 0.25) is 0 Å². The van der Waals surface area contributed by atoms with Gasteiger partial charge < -0.3 is 4.90 Å². The fraction of sp³-hybridized carbons (Fsp3) is 0.410. The summed E-state index contributed by atoms with van der Waals surface area (Å²) < 4.78 is 0. The normalized spacial score (nSPS) is 18.1. The number of benzene rings is 2. The third-order valence-corrected chi connectivity index (χ3v) is 8.56. The van der Waals surface area contributed by atoms with Gasteiger partial charge in [0.15, 0.2) is 5.78 Å². The van der Waals surface area contributed by atoms with E-state index < -0.39 is 0 Å². The second-order valence-electron chi connectivity index (χ2n) is 12.4. The van der Waals surface area contributed by atoms with Crippen LogP contribution in [0.4, 0.5) is 0 Å². The van der Waals surface area contributed by atoms with Crippen LogP contribution in [-0.2, 0) is 11.3 Å². The molecule has 43 heavy (non-hydrogen) atoms. The summed E-state index contributed by atoms with van der Waals surface area (Å²) in [6.07, 6.45) is 13.9. The summed E-state index contributed by atoms with van der Waals surface area (Å²) in [6, 6.07) is 18.3. The van der Waals surface area contributed by atoms with Gasteiger partial charge in [0.25, 0.3) is 0 Å². The van der Waals surface area contributed by atoms with Crippen LogP contribution >= 0.6 is 0 Å². The average Bonchev–Trinajstić information content (AvgIpc) is 3.27. The molecule has 2 aromatic carbocycles. The van der Waals surface area contributed by atoms with E-state index in [0.29, 0.717) is 24.1 Å². The van der Waals surface area contributed by atoms with Crippen molar-refractivity contribution in [2.45, 2.75) is 93.0 Å². The summed E-state index contributed by atoms with van der Waals surface area (Å²) in [6.45, 7) is 13.9. The van der Waals surface area contributed by atoms with Crippen LogP contribution in [0, 0.1) is 16.7 Å². The minimum atomic E-state index is 0.150. The van der Waals surface area contributed by atoms with Gasteiger partial charge in [0.05, 0.1) is 23.9 Å². The zero-order valence-electron chi connectivity index (χ0n) is 27.0. The first-order valence-corrected chi connectivity index (χ1v) is 16.0. The quantitative estimate of drug-likeness (QED) is 0.331. The summed E-state index contributed by atoms with van der Waals surface area (Å²) >= 11 is 0. The van der Waals surface area contributed by atoms with Crippen LogP contribution in [0.1, 0.15) is 97.6 Å². The maximum Gasteiger partial charge on any atom is 0.184 e. The highest BCUT2D eigenvalue weighted by atomic mass is 16.1. The molecule has 224 valence electrons. The van der Waals surface area contributed by atoms with Crippen molar-refractivity contribution in [3.8, 4) is 17.2 Å². The van der Waals surface area contributed by atoms with Crippen LogP contribution in [0.5, 0.6) is 0 Å². The van der Waals surface area contributed by atoms with Crippen LogP contribution in [0.25, 0.3) is 11.1 Å². The summed E-state index contributed by atoms with van der Waals surface area (Å²) in [5.41, 5.74) is 9.62. The number of nitriles is 1. The highest BCUT2D eigenvalue weighted by Crippen LogP contribution is 2.42. The van der Waals surface area contributed by atoms with E-state index >= 15 is 0 Å². The molecule has 0 fully saturated rings. The van der Waals surface area contributed by atoms with Gasteiger partial charge in [-0.3, -0.25) is 4.79 Å². The molecule has 0 saturated carbocycles. The summed E-state index contributed by atoms with van der Waals surface area (Å²) in [4.78, 5) is 21.2. The number of allylic oxidation sites excluding steroid dienone is 7. The third kappa shape index (κ3) is 7.71. The summed E-state index contributed by atoms with van der Waals surface area (Å²) in [5.74, 6) is 1.15. The smallest absolute Gasteiger partial charge is 0.184 e. The molecule has 3 aliphatic rings. The Bertz CT molecular complexity index is 1520. The lowest BCUT2D eigenvalue weighted by atomic mass is 9.74. The fourth-order valence-corrected chi connectivity index (χ4v) is 6.27. The highest BCUT2D eigenvalue weighted by Gasteiger charge is 2.29. The van der Waals surface area contributed by atoms with E-state index in [0.717, 1.165) is 77.9 Å².